The molecule has 0 aliphatic heterocycles. The van der Waals surface area contributed by atoms with Gasteiger partial charge in [-0.25, -0.2) is 0 Å². The van der Waals surface area contributed by atoms with Gasteiger partial charge in [-0.1, -0.05) is 6.07 Å². The first-order valence-electron chi connectivity index (χ1n) is 6.07. The molecule has 2 unspecified atom stereocenters. The van der Waals surface area contributed by atoms with Crippen molar-refractivity contribution in [3.8, 4) is 11.5 Å². The molecule has 108 valence electrons. The van der Waals surface area contributed by atoms with Crippen molar-refractivity contribution in [1.29, 1.82) is 0 Å². The van der Waals surface area contributed by atoms with Crippen molar-refractivity contribution in [3.63, 3.8) is 0 Å². The van der Waals surface area contributed by atoms with Gasteiger partial charge < -0.3 is 19.9 Å². The van der Waals surface area contributed by atoms with Gasteiger partial charge >= 0.3 is 0 Å². The lowest BCUT2D eigenvalue weighted by Crippen LogP contribution is -2.33. The van der Waals surface area contributed by atoms with Crippen molar-refractivity contribution in [1.82, 2.24) is 5.32 Å². The monoisotopic (exact) mass is 287 g/mol. The second kappa shape index (κ2) is 8.90. The summed E-state index contributed by atoms with van der Waals surface area (Å²) in [7, 11) is 0.786. The Kier molecular flexibility index (Phi) is 7.47. The van der Waals surface area contributed by atoms with Gasteiger partial charge in [-0.2, -0.15) is 0 Å². The summed E-state index contributed by atoms with van der Waals surface area (Å²) in [5.41, 5.74) is 0. The van der Waals surface area contributed by atoms with Gasteiger partial charge in [0.25, 0.3) is 0 Å². The smallest absolute Gasteiger partial charge is 0.123 e. The normalized spacial score (nSPS) is 13.8. The fourth-order valence-electron chi connectivity index (χ4n) is 1.43. The molecule has 2 N–H and O–H groups in total. The number of hydrogen-bond acceptors (Lipinski definition) is 5. The molecule has 6 heteroatoms. The van der Waals surface area contributed by atoms with Crippen molar-refractivity contribution in [2.45, 2.75) is 6.10 Å². The zero-order valence-electron chi connectivity index (χ0n) is 11.3. The molecule has 1 rings (SSSR count). The van der Waals surface area contributed by atoms with E-state index in [1.54, 1.807) is 19.4 Å². The molecule has 0 aromatic heterocycles. The molecule has 0 bridgehead atoms. The Balaban J connectivity index is 2.21. The van der Waals surface area contributed by atoms with Crippen LogP contribution in [0.25, 0.3) is 0 Å². The predicted octanol–water partition coefficient (Wildman–Crippen LogP) is 0.403. The lowest BCUT2D eigenvalue weighted by Gasteiger charge is -2.13. The molecule has 5 nitrogen and oxygen atoms in total. The van der Waals surface area contributed by atoms with Gasteiger partial charge in [0, 0.05) is 42.0 Å². The minimum Gasteiger partial charge on any atom is -0.497 e. The van der Waals surface area contributed by atoms with E-state index < -0.39 is 16.9 Å². The van der Waals surface area contributed by atoms with Crippen LogP contribution in [0.3, 0.4) is 0 Å². The summed E-state index contributed by atoms with van der Waals surface area (Å²) in [6.45, 7) is 1.25. The second-order valence-corrected chi connectivity index (χ2v) is 5.68. The number of rotatable bonds is 9. The molecule has 19 heavy (non-hydrogen) atoms. The minimum absolute atomic E-state index is 0.204. The number of aliphatic hydroxyl groups excluding tert-OH is 1. The molecule has 0 aliphatic rings. The van der Waals surface area contributed by atoms with E-state index in [1.165, 1.54) is 0 Å². The molecule has 1 aromatic carbocycles. The zero-order chi connectivity index (χ0) is 14.1. The van der Waals surface area contributed by atoms with E-state index in [0.717, 1.165) is 5.75 Å². The summed E-state index contributed by atoms with van der Waals surface area (Å²) in [6, 6.07) is 7.23. The Morgan fingerprint density at radius 1 is 1.42 bits per heavy atom. The van der Waals surface area contributed by atoms with E-state index in [2.05, 4.69) is 5.32 Å². The standard InChI is InChI=1S/C13H21NO4S/c1-17-12-4-3-5-13(8-12)18-10-11(15)9-14-6-7-19(2)16/h3-5,8,11,14-15H,6-7,9-10H2,1-2H3. The van der Waals surface area contributed by atoms with E-state index in [4.69, 9.17) is 9.47 Å². The molecule has 0 amide bonds. The van der Waals surface area contributed by atoms with E-state index in [9.17, 15) is 9.32 Å². The van der Waals surface area contributed by atoms with Crippen LogP contribution in [-0.2, 0) is 10.8 Å². The average Bonchev–Trinajstić information content (AvgIpc) is 2.41. The molecule has 0 saturated carbocycles. The topological polar surface area (TPSA) is 67.8 Å². The summed E-state index contributed by atoms with van der Waals surface area (Å²) in [5, 5.41) is 12.7. The zero-order valence-corrected chi connectivity index (χ0v) is 12.1. The molecule has 0 fully saturated rings. The van der Waals surface area contributed by atoms with Crippen LogP contribution in [0, 0.1) is 0 Å². The van der Waals surface area contributed by atoms with E-state index >= 15 is 0 Å². The Bertz CT molecular complexity index is 400. The largest absolute Gasteiger partial charge is 0.497 e. The molecule has 0 aliphatic carbocycles. The third kappa shape index (κ3) is 7.15. The first kappa shape index (κ1) is 15.9. The lowest BCUT2D eigenvalue weighted by molar-refractivity contribution is 0.107. The maximum atomic E-state index is 10.8. The fourth-order valence-corrected chi connectivity index (χ4v) is 1.86. The van der Waals surface area contributed by atoms with Crippen molar-refractivity contribution < 1.29 is 18.8 Å². The van der Waals surface area contributed by atoms with E-state index in [1.807, 2.05) is 18.2 Å². The van der Waals surface area contributed by atoms with Crippen molar-refractivity contribution in [2.24, 2.45) is 0 Å². The van der Waals surface area contributed by atoms with Crippen LogP contribution in [0.5, 0.6) is 11.5 Å². The fraction of sp³-hybridized carbons (Fsp3) is 0.538. The second-order valence-electron chi connectivity index (χ2n) is 4.13. The van der Waals surface area contributed by atoms with Gasteiger partial charge in [-0.05, 0) is 12.1 Å². The SMILES string of the molecule is COc1cccc(OCC(O)CNCCS(C)=O)c1. The van der Waals surface area contributed by atoms with Crippen LogP contribution < -0.4 is 14.8 Å². The van der Waals surface area contributed by atoms with Crippen LogP contribution in [0.15, 0.2) is 24.3 Å². The minimum atomic E-state index is -0.807. The molecular formula is C13H21NO4S. The molecule has 0 spiro atoms. The third-order valence-electron chi connectivity index (χ3n) is 2.43. The Hall–Kier alpha value is -1.11. The van der Waals surface area contributed by atoms with Crippen LogP contribution in [0.4, 0.5) is 0 Å². The molecule has 0 heterocycles. The summed E-state index contributed by atoms with van der Waals surface area (Å²) in [5.74, 6) is 1.97. The maximum absolute atomic E-state index is 10.8. The van der Waals surface area contributed by atoms with E-state index in [0.29, 0.717) is 24.6 Å². The molecule has 0 radical (unpaired) electrons. The van der Waals surface area contributed by atoms with Crippen molar-refractivity contribution >= 4 is 10.8 Å². The summed E-state index contributed by atoms with van der Waals surface area (Å²) >= 11 is 0. The van der Waals surface area contributed by atoms with Gasteiger partial charge in [-0.3, -0.25) is 4.21 Å². The van der Waals surface area contributed by atoms with E-state index in [-0.39, 0.29) is 6.61 Å². The first-order valence-corrected chi connectivity index (χ1v) is 7.80. The number of nitrogens with one attached hydrogen (secondary N) is 1. The van der Waals surface area contributed by atoms with Gasteiger partial charge in [0.05, 0.1) is 7.11 Å². The number of benzene rings is 1. The van der Waals surface area contributed by atoms with Crippen LogP contribution >= 0.6 is 0 Å². The van der Waals surface area contributed by atoms with Gasteiger partial charge in [0.1, 0.15) is 24.2 Å². The highest BCUT2D eigenvalue weighted by molar-refractivity contribution is 7.84. The number of hydrogen-bond donors (Lipinski definition) is 2. The number of methoxy groups -OCH3 is 1. The maximum Gasteiger partial charge on any atom is 0.123 e. The van der Waals surface area contributed by atoms with Crippen LogP contribution in [-0.4, -0.2) is 54.2 Å². The summed E-state index contributed by atoms with van der Waals surface area (Å²) in [6.07, 6.45) is 1.06. The highest BCUT2D eigenvalue weighted by atomic mass is 32.2. The number of aliphatic hydroxyl groups is 1. The van der Waals surface area contributed by atoms with Gasteiger partial charge in [0.2, 0.25) is 0 Å². The summed E-state index contributed by atoms with van der Waals surface area (Å²) < 4.78 is 21.4. The molecule has 1 aromatic rings. The molecule has 2 atom stereocenters. The van der Waals surface area contributed by atoms with Gasteiger partial charge in [-0.15, -0.1) is 0 Å². The van der Waals surface area contributed by atoms with Gasteiger partial charge in [0.15, 0.2) is 0 Å². The Morgan fingerprint density at radius 3 is 2.84 bits per heavy atom. The molecular weight excluding hydrogens is 266 g/mol. The predicted molar refractivity (Wildman–Crippen MR) is 76.3 cm³/mol. The van der Waals surface area contributed by atoms with Crippen molar-refractivity contribution in [2.75, 3.05) is 38.8 Å². The Labute approximate surface area is 116 Å². The third-order valence-corrected chi connectivity index (χ3v) is 3.21. The van der Waals surface area contributed by atoms with Crippen molar-refractivity contribution in [3.05, 3.63) is 24.3 Å². The van der Waals surface area contributed by atoms with Crippen LogP contribution in [0.1, 0.15) is 0 Å². The quantitative estimate of drug-likeness (QED) is 0.644. The lowest BCUT2D eigenvalue weighted by atomic mass is 10.3. The Morgan fingerprint density at radius 2 is 2.16 bits per heavy atom. The summed E-state index contributed by atoms with van der Waals surface area (Å²) in [4.78, 5) is 0. The highest BCUT2D eigenvalue weighted by Gasteiger charge is 2.05. The first-order chi connectivity index (χ1) is 9.11. The highest BCUT2D eigenvalue weighted by Crippen LogP contribution is 2.18. The molecule has 0 saturated heterocycles. The average molecular weight is 287 g/mol. The number of ether oxygens (including phenoxy) is 2. The van der Waals surface area contributed by atoms with Crippen LogP contribution in [0.2, 0.25) is 0 Å².